The molecule has 1 aromatic rings. The molecular formula is C14H23ClN4. The van der Waals surface area contributed by atoms with Crippen LogP contribution in [0.5, 0.6) is 0 Å². The van der Waals surface area contributed by atoms with Crippen molar-refractivity contribution < 1.29 is 0 Å². The SMILES string of the molecule is CCNc1ncc(Cl)c(N2CCCCCC2CC)n1. The largest absolute Gasteiger partial charge is 0.354 e. The Morgan fingerprint density at radius 2 is 2.21 bits per heavy atom. The fraction of sp³-hybridized carbons (Fsp3) is 0.714. The van der Waals surface area contributed by atoms with E-state index < -0.39 is 0 Å². The van der Waals surface area contributed by atoms with Crippen LogP contribution in [0.3, 0.4) is 0 Å². The molecule has 0 bridgehead atoms. The zero-order valence-electron chi connectivity index (χ0n) is 11.8. The van der Waals surface area contributed by atoms with E-state index in [0.717, 1.165) is 25.3 Å². The van der Waals surface area contributed by atoms with Crippen LogP contribution in [-0.4, -0.2) is 29.1 Å². The average molecular weight is 283 g/mol. The van der Waals surface area contributed by atoms with Gasteiger partial charge in [0.05, 0.1) is 6.20 Å². The summed E-state index contributed by atoms with van der Waals surface area (Å²) >= 11 is 6.31. The van der Waals surface area contributed by atoms with Gasteiger partial charge in [0, 0.05) is 19.1 Å². The summed E-state index contributed by atoms with van der Waals surface area (Å²) in [7, 11) is 0. The van der Waals surface area contributed by atoms with Crippen molar-refractivity contribution in [3.8, 4) is 0 Å². The van der Waals surface area contributed by atoms with Gasteiger partial charge in [-0.25, -0.2) is 4.98 Å². The fourth-order valence-corrected chi connectivity index (χ4v) is 2.88. The van der Waals surface area contributed by atoms with Crippen molar-refractivity contribution in [3.63, 3.8) is 0 Å². The summed E-state index contributed by atoms with van der Waals surface area (Å²) in [5.41, 5.74) is 0. The summed E-state index contributed by atoms with van der Waals surface area (Å²) in [5.74, 6) is 1.56. The van der Waals surface area contributed by atoms with E-state index in [0.29, 0.717) is 17.0 Å². The van der Waals surface area contributed by atoms with Crippen LogP contribution in [-0.2, 0) is 0 Å². The highest BCUT2D eigenvalue weighted by Gasteiger charge is 2.23. The minimum Gasteiger partial charge on any atom is -0.354 e. The zero-order chi connectivity index (χ0) is 13.7. The lowest BCUT2D eigenvalue weighted by Gasteiger charge is -2.31. The predicted molar refractivity (Wildman–Crippen MR) is 81.1 cm³/mol. The Morgan fingerprint density at radius 1 is 1.37 bits per heavy atom. The van der Waals surface area contributed by atoms with Gasteiger partial charge in [0.1, 0.15) is 5.02 Å². The highest BCUT2D eigenvalue weighted by atomic mass is 35.5. The minimum atomic E-state index is 0.546. The molecule has 1 atom stereocenters. The lowest BCUT2D eigenvalue weighted by Crippen LogP contribution is -2.35. The third kappa shape index (κ3) is 3.50. The molecule has 1 aromatic heterocycles. The van der Waals surface area contributed by atoms with Crippen molar-refractivity contribution in [2.75, 3.05) is 23.3 Å². The molecule has 0 saturated carbocycles. The van der Waals surface area contributed by atoms with Gasteiger partial charge in [-0.05, 0) is 26.2 Å². The van der Waals surface area contributed by atoms with E-state index in [4.69, 9.17) is 11.6 Å². The third-order valence-corrected chi connectivity index (χ3v) is 3.95. The highest BCUT2D eigenvalue weighted by Crippen LogP contribution is 2.30. The van der Waals surface area contributed by atoms with Crippen molar-refractivity contribution in [1.82, 2.24) is 9.97 Å². The van der Waals surface area contributed by atoms with Gasteiger partial charge < -0.3 is 10.2 Å². The Hall–Kier alpha value is -1.03. The van der Waals surface area contributed by atoms with Crippen molar-refractivity contribution in [1.29, 1.82) is 0 Å². The summed E-state index contributed by atoms with van der Waals surface area (Å²) in [5, 5.41) is 3.81. The zero-order valence-corrected chi connectivity index (χ0v) is 12.6. The Balaban J connectivity index is 2.28. The number of anilines is 2. The number of nitrogens with one attached hydrogen (secondary N) is 1. The monoisotopic (exact) mass is 282 g/mol. The maximum absolute atomic E-state index is 6.31. The summed E-state index contributed by atoms with van der Waals surface area (Å²) in [6, 6.07) is 0.546. The molecule has 19 heavy (non-hydrogen) atoms. The molecule has 106 valence electrons. The van der Waals surface area contributed by atoms with Gasteiger partial charge >= 0.3 is 0 Å². The molecule has 1 N–H and O–H groups in total. The van der Waals surface area contributed by atoms with Crippen molar-refractivity contribution >= 4 is 23.4 Å². The van der Waals surface area contributed by atoms with Crippen molar-refractivity contribution in [2.45, 2.75) is 52.0 Å². The summed E-state index contributed by atoms with van der Waals surface area (Å²) < 4.78 is 0. The molecule has 1 aliphatic heterocycles. The van der Waals surface area contributed by atoms with Gasteiger partial charge in [0.25, 0.3) is 0 Å². The van der Waals surface area contributed by atoms with E-state index in [1.54, 1.807) is 6.20 Å². The summed E-state index contributed by atoms with van der Waals surface area (Å²) in [4.78, 5) is 11.2. The molecule has 5 heteroatoms. The molecule has 1 unspecified atom stereocenters. The van der Waals surface area contributed by atoms with Crippen molar-refractivity contribution in [2.24, 2.45) is 0 Å². The molecule has 2 heterocycles. The van der Waals surface area contributed by atoms with E-state index >= 15 is 0 Å². The molecule has 0 aromatic carbocycles. The maximum Gasteiger partial charge on any atom is 0.224 e. The number of aromatic nitrogens is 2. The molecule has 1 saturated heterocycles. The molecule has 2 rings (SSSR count). The first-order chi connectivity index (χ1) is 9.26. The molecule has 0 radical (unpaired) electrons. The third-order valence-electron chi connectivity index (χ3n) is 3.68. The van der Waals surface area contributed by atoms with E-state index in [2.05, 4.69) is 27.1 Å². The first-order valence-electron chi connectivity index (χ1n) is 7.29. The van der Waals surface area contributed by atoms with Crippen molar-refractivity contribution in [3.05, 3.63) is 11.2 Å². The fourth-order valence-electron chi connectivity index (χ4n) is 2.68. The first kappa shape index (κ1) is 14.4. The second-order valence-electron chi connectivity index (χ2n) is 5.00. The Morgan fingerprint density at radius 3 is 2.95 bits per heavy atom. The van der Waals surface area contributed by atoms with Crippen LogP contribution in [0, 0.1) is 0 Å². The number of nitrogens with zero attached hydrogens (tertiary/aromatic N) is 3. The van der Waals surface area contributed by atoms with Crippen LogP contribution in [0.4, 0.5) is 11.8 Å². The Kier molecular flexibility index (Phi) is 5.25. The second kappa shape index (κ2) is 6.94. The quantitative estimate of drug-likeness (QED) is 0.914. The van der Waals surface area contributed by atoms with Gasteiger partial charge in [-0.2, -0.15) is 4.98 Å². The smallest absolute Gasteiger partial charge is 0.224 e. The minimum absolute atomic E-state index is 0.546. The highest BCUT2D eigenvalue weighted by molar-refractivity contribution is 6.32. The predicted octanol–water partition coefficient (Wildman–Crippen LogP) is 3.72. The second-order valence-corrected chi connectivity index (χ2v) is 5.41. The molecule has 0 amide bonds. The van der Waals surface area contributed by atoms with E-state index in [-0.39, 0.29) is 0 Å². The standard InChI is InChI=1S/C14H23ClN4/c1-3-11-8-6-5-7-9-19(11)13-12(15)10-17-14(18-13)16-4-2/h10-11H,3-9H2,1-2H3,(H,16,17,18). The Labute approximate surface area is 120 Å². The summed E-state index contributed by atoms with van der Waals surface area (Å²) in [6.45, 7) is 6.14. The van der Waals surface area contributed by atoms with Crippen LogP contribution in [0.2, 0.25) is 5.02 Å². The number of rotatable bonds is 4. The summed E-state index contributed by atoms with van der Waals surface area (Å²) in [6.07, 6.45) is 7.89. The molecule has 4 nitrogen and oxygen atoms in total. The molecular weight excluding hydrogens is 260 g/mol. The average Bonchev–Trinajstić information content (AvgIpc) is 2.66. The van der Waals surface area contributed by atoms with Crippen LogP contribution in [0.25, 0.3) is 0 Å². The first-order valence-corrected chi connectivity index (χ1v) is 7.67. The normalized spacial score (nSPS) is 20.2. The Bertz CT molecular complexity index is 410. The van der Waals surface area contributed by atoms with Gasteiger partial charge in [0.15, 0.2) is 5.82 Å². The van der Waals surface area contributed by atoms with Crippen LogP contribution in [0.1, 0.15) is 46.0 Å². The maximum atomic E-state index is 6.31. The van der Waals surface area contributed by atoms with Crippen LogP contribution < -0.4 is 10.2 Å². The molecule has 1 aliphatic rings. The van der Waals surface area contributed by atoms with Gasteiger partial charge in [0.2, 0.25) is 5.95 Å². The van der Waals surface area contributed by atoms with E-state index in [1.165, 1.54) is 25.7 Å². The number of hydrogen-bond donors (Lipinski definition) is 1. The number of hydrogen-bond acceptors (Lipinski definition) is 4. The molecule has 1 fully saturated rings. The van der Waals surface area contributed by atoms with E-state index in [1.807, 2.05) is 6.92 Å². The van der Waals surface area contributed by atoms with Gasteiger partial charge in [-0.15, -0.1) is 0 Å². The van der Waals surface area contributed by atoms with Gasteiger partial charge in [-0.3, -0.25) is 0 Å². The van der Waals surface area contributed by atoms with E-state index in [9.17, 15) is 0 Å². The lowest BCUT2D eigenvalue weighted by atomic mass is 10.1. The van der Waals surface area contributed by atoms with Crippen LogP contribution >= 0.6 is 11.6 Å². The molecule has 0 spiro atoms. The van der Waals surface area contributed by atoms with Gasteiger partial charge in [-0.1, -0.05) is 31.4 Å². The van der Waals surface area contributed by atoms with Crippen LogP contribution in [0.15, 0.2) is 6.20 Å². The molecule has 0 aliphatic carbocycles. The topological polar surface area (TPSA) is 41.1 Å². The number of halogens is 1. The lowest BCUT2D eigenvalue weighted by molar-refractivity contribution is 0.552.